The number of carbonyl (C=O) groups excluding carboxylic acids is 2. The lowest BCUT2D eigenvalue weighted by Gasteiger charge is -2.12. The van der Waals surface area contributed by atoms with Crippen molar-refractivity contribution in [3.63, 3.8) is 0 Å². The number of ether oxygens (including phenoxy) is 2. The van der Waals surface area contributed by atoms with Crippen LogP contribution >= 0.6 is 0 Å². The van der Waals surface area contributed by atoms with Gasteiger partial charge in [-0.1, -0.05) is 6.07 Å². The summed E-state index contributed by atoms with van der Waals surface area (Å²) < 4.78 is 10.6. The van der Waals surface area contributed by atoms with Gasteiger partial charge in [-0.25, -0.2) is 4.79 Å². The zero-order valence-corrected chi connectivity index (χ0v) is 15.0. The molecule has 2 aromatic rings. The number of amides is 1. The van der Waals surface area contributed by atoms with Crippen molar-refractivity contribution in [3.05, 3.63) is 58.7 Å². The molecule has 0 fully saturated rings. The van der Waals surface area contributed by atoms with Gasteiger partial charge in [0.25, 0.3) is 5.91 Å². The van der Waals surface area contributed by atoms with Crippen LogP contribution in [0.15, 0.2) is 36.4 Å². The van der Waals surface area contributed by atoms with Gasteiger partial charge in [-0.2, -0.15) is 0 Å². The molecule has 0 aliphatic rings. The summed E-state index contributed by atoms with van der Waals surface area (Å²) in [4.78, 5) is 23.7. The Labute approximate surface area is 148 Å². The molecule has 0 bridgehead atoms. The standard InChI is InChI=1S/C20H23NO4/c1-5-24-20(23)16-6-8-17(9-7-16)21-19(22)12-25-18-11-13(2)10-14(3)15(18)4/h6-11H,5,12H2,1-4H3,(H,21,22). The van der Waals surface area contributed by atoms with Crippen LogP contribution in [-0.2, 0) is 9.53 Å². The fraction of sp³-hybridized carbons (Fsp3) is 0.300. The second-order valence-corrected chi connectivity index (χ2v) is 5.84. The molecule has 5 heteroatoms. The Morgan fingerprint density at radius 1 is 1.04 bits per heavy atom. The number of nitrogens with one attached hydrogen (secondary N) is 1. The van der Waals surface area contributed by atoms with Crippen molar-refractivity contribution >= 4 is 17.6 Å². The van der Waals surface area contributed by atoms with E-state index in [1.54, 1.807) is 31.2 Å². The number of benzene rings is 2. The van der Waals surface area contributed by atoms with E-state index in [0.717, 1.165) is 16.7 Å². The fourth-order valence-corrected chi connectivity index (χ4v) is 2.40. The fourth-order valence-electron chi connectivity index (χ4n) is 2.40. The summed E-state index contributed by atoms with van der Waals surface area (Å²) in [7, 11) is 0. The number of aryl methyl sites for hydroxylation is 2. The summed E-state index contributed by atoms with van der Waals surface area (Å²) >= 11 is 0. The molecule has 132 valence electrons. The molecule has 1 N–H and O–H groups in total. The van der Waals surface area contributed by atoms with E-state index in [0.29, 0.717) is 23.6 Å². The maximum atomic E-state index is 12.1. The van der Waals surface area contributed by atoms with Crippen LogP contribution in [0.2, 0.25) is 0 Å². The van der Waals surface area contributed by atoms with E-state index >= 15 is 0 Å². The van der Waals surface area contributed by atoms with E-state index in [1.807, 2.05) is 26.8 Å². The lowest BCUT2D eigenvalue weighted by Crippen LogP contribution is -2.20. The Bertz CT molecular complexity index is 766. The lowest BCUT2D eigenvalue weighted by atomic mass is 10.1. The topological polar surface area (TPSA) is 64.6 Å². The third kappa shape index (κ3) is 5.08. The Morgan fingerprint density at radius 2 is 1.72 bits per heavy atom. The molecule has 0 unspecified atom stereocenters. The number of carbonyl (C=O) groups is 2. The summed E-state index contributed by atoms with van der Waals surface area (Å²) in [6.07, 6.45) is 0. The first-order chi connectivity index (χ1) is 11.9. The molecule has 0 radical (unpaired) electrons. The minimum atomic E-state index is -0.381. The van der Waals surface area contributed by atoms with E-state index in [9.17, 15) is 9.59 Å². The summed E-state index contributed by atoms with van der Waals surface area (Å²) in [5.41, 5.74) is 4.29. The zero-order valence-electron chi connectivity index (χ0n) is 15.0. The van der Waals surface area contributed by atoms with Crippen LogP contribution in [0.4, 0.5) is 5.69 Å². The molecule has 0 spiro atoms. The van der Waals surface area contributed by atoms with E-state index in [2.05, 4.69) is 11.4 Å². The molecule has 0 saturated carbocycles. The van der Waals surface area contributed by atoms with Crippen LogP contribution in [0.1, 0.15) is 34.0 Å². The highest BCUT2D eigenvalue weighted by Gasteiger charge is 2.09. The van der Waals surface area contributed by atoms with Gasteiger partial charge in [-0.05, 0) is 74.7 Å². The van der Waals surface area contributed by atoms with Crippen molar-refractivity contribution in [2.24, 2.45) is 0 Å². The van der Waals surface area contributed by atoms with Crippen LogP contribution in [0.3, 0.4) is 0 Å². The quantitative estimate of drug-likeness (QED) is 0.812. The second-order valence-electron chi connectivity index (χ2n) is 5.84. The van der Waals surface area contributed by atoms with Crippen LogP contribution in [0, 0.1) is 20.8 Å². The van der Waals surface area contributed by atoms with Crippen molar-refractivity contribution < 1.29 is 19.1 Å². The third-order valence-electron chi connectivity index (χ3n) is 3.80. The number of hydrogen-bond acceptors (Lipinski definition) is 4. The lowest BCUT2D eigenvalue weighted by molar-refractivity contribution is -0.118. The van der Waals surface area contributed by atoms with Gasteiger partial charge in [0.1, 0.15) is 5.75 Å². The maximum absolute atomic E-state index is 12.1. The highest BCUT2D eigenvalue weighted by atomic mass is 16.5. The van der Waals surface area contributed by atoms with E-state index < -0.39 is 0 Å². The van der Waals surface area contributed by atoms with Crippen molar-refractivity contribution in [2.75, 3.05) is 18.5 Å². The van der Waals surface area contributed by atoms with Crippen LogP contribution in [-0.4, -0.2) is 25.1 Å². The van der Waals surface area contributed by atoms with E-state index in [4.69, 9.17) is 9.47 Å². The first-order valence-electron chi connectivity index (χ1n) is 8.18. The highest BCUT2D eigenvalue weighted by Crippen LogP contribution is 2.23. The average molecular weight is 341 g/mol. The molecule has 2 aromatic carbocycles. The Kier molecular flexibility index (Phi) is 6.17. The molecule has 0 aromatic heterocycles. The largest absolute Gasteiger partial charge is 0.483 e. The first kappa shape index (κ1) is 18.5. The van der Waals surface area contributed by atoms with E-state index in [1.165, 1.54) is 0 Å². The van der Waals surface area contributed by atoms with Gasteiger partial charge >= 0.3 is 5.97 Å². The molecule has 0 aliphatic carbocycles. The van der Waals surface area contributed by atoms with Crippen LogP contribution in [0.5, 0.6) is 5.75 Å². The van der Waals surface area contributed by atoms with Crippen LogP contribution in [0.25, 0.3) is 0 Å². The summed E-state index contributed by atoms with van der Waals surface area (Å²) in [5, 5.41) is 2.74. The van der Waals surface area contributed by atoms with Gasteiger partial charge in [0.15, 0.2) is 6.61 Å². The van der Waals surface area contributed by atoms with E-state index in [-0.39, 0.29) is 18.5 Å². The minimum Gasteiger partial charge on any atom is -0.483 e. The summed E-state index contributed by atoms with van der Waals surface area (Å²) in [5.74, 6) is 0.0711. The smallest absolute Gasteiger partial charge is 0.338 e. The summed E-state index contributed by atoms with van der Waals surface area (Å²) in [6.45, 7) is 7.97. The Hall–Kier alpha value is -2.82. The Morgan fingerprint density at radius 3 is 2.36 bits per heavy atom. The molecule has 2 rings (SSSR count). The zero-order chi connectivity index (χ0) is 18.4. The van der Waals surface area contributed by atoms with Crippen molar-refractivity contribution in [3.8, 4) is 5.75 Å². The third-order valence-corrected chi connectivity index (χ3v) is 3.80. The number of anilines is 1. The van der Waals surface area contributed by atoms with Gasteiger partial charge in [0.2, 0.25) is 0 Å². The Balaban J connectivity index is 1.93. The van der Waals surface area contributed by atoms with Gasteiger partial charge in [0, 0.05) is 5.69 Å². The molecular weight excluding hydrogens is 318 g/mol. The highest BCUT2D eigenvalue weighted by molar-refractivity contribution is 5.93. The monoisotopic (exact) mass is 341 g/mol. The van der Waals surface area contributed by atoms with Gasteiger partial charge < -0.3 is 14.8 Å². The van der Waals surface area contributed by atoms with Gasteiger partial charge in [-0.15, -0.1) is 0 Å². The van der Waals surface area contributed by atoms with Gasteiger partial charge in [-0.3, -0.25) is 4.79 Å². The molecule has 1 amide bonds. The predicted octanol–water partition coefficient (Wildman–Crippen LogP) is 3.81. The van der Waals surface area contributed by atoms with Crippen molar-refractivity contribution in [1.82, 2.24) is 0 Å². The molecule has 0 atom stereocenters. The number of esters is 1. The maximum Gasteiger partial charge on any atom is 0.338 e. The average Bonchev–Trinajstić information content (AvgIpc) is 2.57. The molecule has 5 nitrogen and oxygen atoms in total. The molecule has 25 heavy (non-hydrogen) atoms. The first-order valence-corrected chi connectivity index (χ1v) is 8.18. The molecular formula is C20H23NO4. The second kappa shape index (κ2) is 8.33. The normalized spacial score (nSPS) is 10.2. The predicted molar refractivity (Wildman–Crippen MR) is 97.2 cm³/mol. The SMILES string of the molecule is CCOC(=O)c1ccc(NC(=O)COc2cc(C)cc(C)c2C)cc1. The van der Waals surface area contributed by atoms with Crippen LogP contribution < -0.4 is 10.1 Å². The summed E-state index contributed by atoms with van der Waals surface area (Å²) in [6, 6.07) is 10.5. The molecule has 0 saturated heterocycles. The number of rotatable bonds is 6. The molecule has 0 heterocycles. The molecule has 0 aliphatic heterocycles. The van der Waals surface area contributed by atoms with Gasteiger partial charge in [0.05, 0.1) is 12.2 Å². The van der Waals surface area contributed by atoms with Crippen molar-refractivity contribution in [1.29, 1.82) is 0 Å². The minimum absolute atomic E-state index is 0.0800. The van der Waals surface area contributed by atoms with Crippen molar-refractivity contribution in [2.45, 2.75) is 27.7 Å². The number of hydrogen-bond donors (Lipinski definition) is 1.